The van der Waals surface area contributed by atoms with Gasteiger partial charge >= 0.3 is 12.1 Å². The average molecular weight is 484 g/mol. The Bertz CT molecular complexity index is 1150. The van der Waals surface area contributed by atoms with Gasteiger partial charge in [0.05, 0.1) is 5.92 Å². The third-order valence-corrected chi connectivity index (χ3v) is 7.52. The van der Waals surface area contributed by atoms with Crippen molar-refractivity contribution >= 4 is 18.0 Å². The number of carbonyl (C=O) groups is 3. The fraction of sp³-hybridized carbons (Fsp3) is 0.423. The lowest BCUT2D eigenvalue weighted by Crippen LogP contribution is -2.54. The van der Waals surface area contributed by atoms with Crippen molar-refractivity contribution in [1.82, 2.24) is 10.6 Å². The SMILES string of the molecule is CC(NC(=O)[C@@H]1[C@H](CNC(=O)OCC2c3ccccc3-c3ccccc32)C1(F)F)(C(=O)O)C1CC1. The molecule has 0 bridgehead atoms. The molecule has 2 aromatic rings. The lowest BCUT2D eigenvalue weighted by molar-refractivity contribution is -0.148. The fourth-order valence-electron chi connectivity index (χ4n) is 5.17. The molecule has 0 saturated heterocycles. The van der Waals surface area contributed by atoms with Crippen LogP contribution in [0.2, 0.25) is 0 Å². The van der Waals surface area contributed by atoms with Crippen molar-refractivity contribution in [2.45, 2.75) is 37.1 Å². The van der Waals surface area contributed by atoms with Crippen molar-refractivity contribution < 1.29 is 33.0 Å². The maximum atomic E-state index is 14.3. The van der Waals surface area contributed by atoms with Gasteiger partial charge in [-0.3, -0.25) is 4.79 Å². The number of carboxylic acid groups (broad SMARTS) is 1. The topological polar surface area (TPSA) is 105 Å². The summed E-state index contributed by atoms with van der Waals surface area (Å²) in [5, 5.41) is 14.1. The van der Waals surface area contributed by atoms with Crippen molar-refractivity contribution in [3.05, 3.63) is 59.7 Å². The minimum atomic E-state index is -3.33. The van der Waals surface area contributed by atoms with E-state index in [2.05, 4.69) is 10.6 Å². The number of halogens is 2. The molecule has 3 aliphatic rings. The molecule has 2 aromatic carbocycles. The zero-order valence-electron chi connectivity index (χ0n) is 19.1. The molecule has 2 saturated carbocycles. The Balaban J connectivity index is 1.16. The number of nitrogens with one attached hydrogen (secondary N) is 2. The highest BCUT2D eigenvalue weighted by Gasteiger charge is 2.72. The quantitative estimate of drug-likeness (QED) is 0.529. The molecule has 3 atom stereocenters. The Labute approximate surface area is 200 Å². The van der Waals surface area contributed by atoms with E-state index in [-0.39, 0.29) is 18.4 Å². The van der Waals surface area contributed by atoms with Crippen molar-refractivity contribution in [2.75, 3.05) is 13.2 Å². The zero-order valence-corrected chi connectivity index (χ0v) is 19.1. The third-order valence-electron chi connectivity index (χ3n) is 7.52. The number of fused-ring (bicyclic) bond motifs is 3. The molecule has 9 heteroatoms. The van der Waals surface area contributed by atoms with E-state index in [9.17, 15) is 28.3 Å². The lowest BCUT2D eigenvalue weighted by Gasteiger charge is -2.26. The van der Waals surface area contributed by atoms with Crippen molar-refractivity contribution in [3.63, 3.8) is 0 Å². The molecule has 3 aliphatic carbocycles. The minimum absolute atomic E-state index is 0.0448. The first-order valence-electron chi connectivity index (χ1n) is 11.7. The first kappa shape index (κ1) is 23.3. The molecule has 3 N–H and O–H groups in total. The van der Waals surface area contributed by atoms with Crippen LogP contribution in [0.3, 0.4) is 0 Å². The van der Waals surface area contributed by atoms with Crippen LogP contribution in [-0.2, 0) is 14.3 Å². The highest BCUT2D eigenvalue weighted by atomic mass is 19.3. The molecule has 5 rings (SSSR count). The summed E-state index contributed by atoms with van der Waals surface area (Å²) in [5.74, 6) is -9.12. The normalized spacial score (nSPS) is 23.4. The molecule has 2 amide bonds. The van der Waals surface area contributed by atoms with Crippen molar-refractivity contribution in [1.29, 1.82) is 0 Å². The number of hydrogen-bond donors (Lipinski definition) is 3. The molecule has 35 heavy (non-hydrogen) atoms. The predicted octanol–water partition coefficient (Wildman–Crippen LogP) is 3.78. The smallest absolute Gasteiger partial charge is 0.407 e. The molecule has 184 valence electrons. The molecule has 0 spiro atoms. The van der Waals surface area contributed by atoms with Gasteiger partial charge in [-0.15, -0.1) is 0 Å². The van der Waals surface area contributed by atoms with Gasteiger partial charge in [0.25, 0.3) is 5.92 Å². The summed E-state index contributed by atoms with van der Waals surface area (Å²) in [4.78, 5) is 36.4. The Morgan fingerprint density at radius 3 is 2.17 bits per heavy atom. The van der Waals surface area contributed by atoms with E-state index in [0.29, 0.717) is 12.8 Å². The summed E-state index contributed by atoms with van der Waals surface area (Å²) in [6.07, 6.45) is 0.399. The molecule has 2 fully saturated rings. The predicted molar refractivity (Wildman–Crippen MR) is 122 cm³/mol. The number of hydrogen-bond acceptors (Lipinski definition) is 4. The Kier molecular flexibility index (Phi) is 5.53. The highest BCUT2D eigenvalue weighted by molar-refractivity contribution is 5.91. The van der Waals surface area contributed by atoms with E-state index >= 15 is 0 Å². The number of carboxylic acids is 1. The fourth-order valence-corrected chi connectivity index (χ4v) is 5.17. The van der Waals surface area contributed by atoms with Crippen LogP contribution in [0.4, 0.5) is 13.6 Å². The van der Waals surface area contributed by atoms with Crippen LogP contribution in [-0.4, -0.2) is 47.7 Å². The lowest BCUT2D eigenvalue weighted by atomic mass is 9.95. The number of ether oxygens (including phenoxy) is 1. The summed E-state index contributed by atoms with van der Waals surface area (Å²) < 4.78 is 34.0. The van der Waals surface area contributed by atoms with Crippen molar-refractivity contribution in [2.24, 2.45) is 17.8 Å². The highest BCUT2D eigenvalue weighted by Crippen LogP contribution is 2.55. The van der Waals surface area contributed by atoms with Crippen LogP contribution in [0.15, 0.2) is 48.5 Å². The summed E-state index contributed by atoms with van der Waals surface area (Å²) >= 11 is 0. The number of benzene rings is 2. The molecule has 1 unspecified atom stereocenters. The molecule has 0 heterocycles. The monoisotopic (exact) mass is 484 g/mol. The second kappa shape index (κ2) is 8.32. The van der Waals surface area contributed by atoms with Crippen LogP contribution in [0.1, 0.15) is 36.8 Å². The Hall–Kier alpha value is -3.49. The van der Waals surface area contributed by atoms with E-state index in [0.717, 1.165) is 22.3 Å². The largest absolute Gasteiger partial charge is 0.480 e. The minimum Gasteiger partial charge on any atom is -0.480 e. The van der Waals surface area contributed by atoms with Crippen LogP contribution >= 0.6 is 0 Å². The summed E-state index contributed by atoms with van der Waals surface area (Å²) in [5.41, 5.74) is 2.64. The van der Waals surface area contributed by atoms with Gasteiger partial charge in [-0.2, -0.15) is 0 Å². The molecular weight excluding hydrogens is 458 g/mol. The van der Waals surface area contributed by atoms with Gasteiger partial charge in [0.15, 0.2) is 0 Å². The number of alkyl carbamates (subject to hydrolysis) is 1. The van der Waals surface area contributed by atoms with E-state index < -0.39 is 47.8 Å². The maximum Gasteiger partial charge on any atom is 0.407 e. The average Bonchev–Trinajstić information content (AvgIpc) is 3.73. The van der Waals surface area contributed by atoms with Gasteiger partial charge in [0.1, 0.15) is 18.1 Å². The summed E-state index contributed by atoms with van der Waals surface area (Å²) in [6.45, 7) is 0.938. The second-order valence-electron chi connectivity index (χ2n) is 9.74. The molecule has 7 nitrogen and oxygen atoms in total. The van der Waals surface area contributed by atoms with Crippen molar-refractivity contribution in [3.8, 4) is 11.1 Å². The van der Waals surface area contributed by atoms with Gasteiger partial charge < -0.3 is 20.5 Å². The molecule has 0 aliphatic heterocycles. The van der Waals surface area contributed by atoms with E-state index in [1.54, 1.807) is 0 Å². The first-order valence-corrected chi connectivity index (χ1v) is 11.7. The zero-order chi connectivity index (χ0) is 25.0. The number of carbonyl (C=O) groups excluding carboxylic acids is 2. The number of alkyl halides is 2. The van der Waals surface area contributed by atoms with Crippen LogP contribution in [0, 0.1) is 17.8 Å². The first-order chi connectivity index (χ1) is 16.6. The van der Waals surface area contributed by atoms with E-state index in [1.165, 1.54) is 6.92 Å². The third kappa shape index (κ3) is 4.02. The van der Waals surface area contributed by atoms with Gasteiger partial charge in [0.2, 0.25) is 5.91 Å². The standard InChI is InChI=1S/C26H26F2N2O5/c1-25(23(32)33,14-10-11-14)30-22(31)21-20(26(21,27)28)12-29-24(34)35-13-19-17-8-4-2-6-15(17)16-7-3-5-9-18(16)19/h2-9,14,19-21H,10-13H2,1H3,(H,29,34)(H,30,31)(H,32,33)/t20-,21-,25?/m0/s1. The summed E-state index contributed by atoms with van der Waals surface area (Å²) in [6, 6.07) is 15.7. The van der Waals surface area contributed by atoms with Crippen LogP contribution in [0.25, 0.3) is 11.1 Å². The second-order valence-corrected chi connectivity index (χ2v) is 9.74. The number of amides is 2. The van der Waals surface area contributed by atoms with Gasteiger partial charge in [-0.05, 0) is 47.9 Å². The summed E-state index contributed by atoms with van der Waals surface area (Å²) in [7, 11) is 0. The van der Waals surface area contributed by atoms with Crippen LogP contribution < -0.4 is 10.6 Å². The number of aliphatic carboxylic acids is 1. The molecular formula is C26H26F2N2O5. The molecule has 0 radical (unpaired) electrons. The molecule has 0 aromatic heterocycles. The van der Waals surface area contributed by atoms with Gasteiger partial charge in [-0.1, -0.05) is 48.5 Å². The maximum absolute atomic E-state index is 14.3. The van der Waals surface area contributed by atoms with Gasteiger partial charge in [-0.25, -0.2) is 18.4 Å². The Morgan fingerprint density at radius 1 is 1.06 bits per heavy atom. The van der Waals surface area contributed by atoms with E-state index in [4.69, 9.17) is 4.74 Å². The number of rotatable bonds is 8. The van der Waals surface area contributed by atoms with E-state index in [1.807, 2.05) is 48.5 Å². The Morgan fingerprint density at radius 2 is 1.63 bits per heavy atom. The van der Waals surface area contributed by atoms with Gasteiger partial charge in [0, 0.05) is 12.5 Å². The van der Waals surface area contributed by atoms with Crippen LogP contribution in [0.5, 0.6) is 0 Å².